The van der Waals surface area contributed by atoms with Gasteiger partial charge in [-0.05, 0) is 57.0 Å². The third-order valence-corrected chi connectivity index (χ3v) is 7.42. The first-order valence-corrected chi connectivity index (χ1v) is 12.5. The highest BCUT2D eigenvalue weighted by Gasteiger charge is 2.23. The van der Waals surface area contributed by atoms with Crippen molar-refractivity contribution in [1.29, 1.82) is 0 Å². The van der Waals surface area contributed by atoms with E-state index in [1.165, 1.54) is 29.8 Å². The Morgan fingerprint density at radius 2 is 2.18 bits per heavy atom. The summed E-state index contributed by atoms with van der Waals surface area (Å²) in [4.78, 5) is 23.3. The van der Waals surface area contributed by atoms with Crippen molar-refractivity contribution in [2.45, 2.75) is 44.8 Å². The lowest BCUT2D eigenvalue weighted by Crippen LogP contribution is -2.35. The second kappa shape index (κ2) is 10.2. The Labute approximate surface area is 201 Å². The summed E-state index contributed by atoms with van der Waals surface area (Å²) in [5, 5.41) is 10.6. The molecule has 1 unspecified atom stereocenters. The maximum absolute atomic E-state index is 14.0. The molecule has 2 aliphatic heterocycles. The van der Waals surface area contributed by atoms with Crippen LogP contribution in [0.2, 0.25) is 0 Å². The maximum atomic E-state index is 14.0. The van der Waals surface area contributed by atoms with E-state index in [-0.39, 0.29) is 23.9 Å². The summed E-state index contributed by atoms with van der Waals surface area (Å²) in [5.41, 5.74) is 1.41. The Morgan fingerprint density at radius 1 is 1.26 bits per heavy atom. The lowest BCUT2D eigenvalue weighted by Gasteiger charge is -2.17. The number of anilines is 2. The van der Waals surface area contributed by atoms with Crippen molar-refractivity contribution in [3.05, 3.63) is 40.8 Å². The van der Waals surface area contributed by atoms with Crippen LogP contribution in [-0.2, 0) is 4.74 Å². The van der Waals surface area contributed by atoms with Crippen molar-refractivity contribution >= 4 is 39.0 Å². The van der Waals surface area contributed by atoms with E-state index in [0.717, 1.165) is 54.6 Å². The smallest absolute Gasteiger partial charge is 0.261 e. The van der Waals surface area contributed by atoms with Gasteiger partial charge >= 0.3 is 0 Å². The molecule has 2 aromatic heterocycles. The van der Waals surface area contributed by atoms with Gasteiger partial charge < -0.3 is 25.4 Å². The number of hydrogen-bond acceptors (Lipinski definition) is 8. The standard InChI is InChI=1S/C24H28FN5O3S/c1-14-20-22(30-18-5-4-15(25)11-19(18)33-17-7-10-32-12-17)27-13-28-24(20)34-21(14)23(31)29-16-3-2-8-26-9-6-16/h4-5,11,13,16-17,26H,2-3,6-10,12H2,1H3,(H,29,31)(H,27,28,30)/t16?,17-/m1/s1. The van der Waals surface area contributed by atoms with Crippen molar-refractivity contribution in [3.63, 3.8) is 0 Å². The number of ether oxygens (including phenoxy) is 2. The monoisotopic (exact) mass is 485 g/mol. The Kier molecular flexibility index (Phi) is 6.89. The molecule has 1 amide bonds. The molecule has 2 saturated heterocycles. The lowest BCUT2D eigenvalue weighted by atomic mass is 10.1. The predicted molar refractivity (Wildman–Crippen MR) is 130 cm³/mol. The quantitative estimate of drug-likeness (QED) is 0.487. The van der Waals surface area contributed by atoms with Gasteiger partial charge in [-0.3, -0.25) is 4.79 Å². The number of benzene rings is 1. The summed E-state index contributed by atoms with van der Waals surface area (Å²) in [6.45, 7) is 4.92. The van der Waals surface area contributed by atoms with Crippen molar-refractivity contribution in [1.82, 2.24) is 20.6 Å². The maximum Gasteiger partial charge on any atom is 0.261 e. The Hall–Kier alpha value is -2.82. The van der Waals surface area contributed by atoms with Crippen LogP contribution in [0.4, 0.5) is 15.9 Å². The van der Waals surface area contributed by atoms with E-state index in [9.17, 15) is 9.18 Å². The van der Waals surface area contributed by atoms with Crippen LogP contribution in [0.5, 0.6) is 5.75 Å². The average Bonchev–Trinajstić information content (AvgIpc) is 3.37. The number of aromatic nitrogens is 2. The van der Waals surface area contributed by atoms with Gasteiger partial charge in [-0.1, -0.05) is 0 Å². The van der Waals surface area contributed by atoms with Crippen LogP contribution in [0.1, 0.15) is 40.9 Å². The summed E-state index contributed by atoms with van der Waals surface area (Å²) < 4.78 is 25.4. The zero-order chi connectivity index (χ0) is 23.5. The highest BCUT2D eigenvalue weighted by atomic mass is 32.1. The van der Waals surface area contributed by atoms with E-state index in [0.29, 0.717) is 35.3 Å². The Bertz CT molecular complexity index is 1170. The molecule has 2 atom stereocenters. The number of hydrogen-bond donors (Lipinski definition) is 3. The molecule has 10 heteroatoms. The molecule has 0 spiro atoms. The van der Waals surface area contributed by atoms with Gasteiger partial charge in [-0.15, -0.1) is 11.3 Å². The summed E-state index contributed by atoms with van der Waals surface area (Å²) in [6, 6.07) is 4.53. The predicted octanol–water partition coefficient (Wildman–Crippen LogP) is 3.92. The number of rotatable bonds is 6. The van der Waals surface area contributed by atoms with Gasteiger partial charge in [0.05, 0.1) is 29.2 Å². The zero-order valence-electron chi connectivity index (χ0n) is 19.0. The Balaban J connectivity index is 1.41. The van der Waals surface area contributed by atoms with Crippen molar-refractivity contribution in [3.8, 4) is 5.75 Å². The number of amides is 1. The molecule has 0 saturated carbocycles. The molecule has 0 radical (unpaired) electrons. The molecule has 4 heterocycles. The number of fused-ring (bicyclic) bond motifs is 1. The third-order valence-electron chi connectivity index (χ3n) is 6.22. The van der Waals surface area contributed by atoms with Crippen molar-refractivity contribution < 1.29 is 18.7 Å². The molecule has 180 valence electrons. The minimum Gasteiger partial charge on any atom is -0.486 e. The molecule has 8 nitrogen and oxygen atoms in total. The highest BCUT2D eigenvalue weighted by Crippen LogP contribution is 2.37. The third kappa shape index (κ3) is 4.98. The van der Waals surface area contributed by atoms with Gasteiger partial charge in [-0.25, -0.2) is 14.4 Å². The fourth-order valence-corrected chi connectivity index (χ4v) is 5.46. The van der Waals surface area contributed by atoms with E-state index in [1.54, 1.807) is 6.07 Å². The molecule has 2 fully saturated rings. The molecule has 0 aliphatic carbocycles. The van der Waals surface area contributed by atoms with Crippen LogP contribution in [-0.4, -0.2) is 54.3 Å². The van der Waals surface area contributed by atoms with E-state index in [4.69, 9.17) is 9.47 Å². The normalized spacial score (nSPS) is 20.8. The van der Waals surface area contributed by atoms with E-state index < -0.39 is 0 Å². The van der Waals surface area contributed by atoms with Crippen LogP contribution in [0.15, 0.2) is 24.5 Å². The summed E-state index contributed by atoms with van der Waals surface area (Å²) in [7, 11) is 0. The minimum atomic E-state index is -0.383. The summed E-state index contributed by atoms with van der Waals surface area (Å²) >= 11 is 1.36. The summed E-state index contributed by atoms with van der Waals surface area (Å²) in [6.07, 6.45) is 5.03. The van der Waals surface area contributed by atoms with Gasteiger partial charge in [0.1, 0.15) is 34.6 Å². The van der Waals surface area contributed by atoms with E-state index >= 15 is 0 Å². The van der Waals surface area contributed by atoms with Gasteiger partial charge in [0.2, 0.25) is 0 Å². The second-order valence-electron chi connectivity index (χ2n) is 8.68. The van der Waals surface area contributed by atoms with Gasteiger partial charge in [-0.2, -0.15) is 0 Å². The number of nitrogens with one attached hydrogen (secondary N) is 3. The fourth-order valence-electron chi connectivity index (χ4n) is 4.41. The zero-order valence-corrected chi connectivity index (χ0v) is 19.8. The fraction of sp³-hybridized carbons (Fsp3) is 0.458. The molecule has 34 heavy (non-hydrogen) atoms. The van der Waals surface area contributed by atoms with Crippen LogP contribution in [0.3, 0.4) is 0 Å². The first-order chi connectivity index (χ1) is 16.6. The second-order valence-corrected chi connectivity index (χ2v) is 9.68. The molecule has 3 aromatic rings. The van der Waals surface area contributed by atoms with E-state index in [2.05, 4.69) is 25.9 Å². The first-order valence-electron chi connectivity index (χ1n) is 11.6. The topological polar surface area (TPSA) is 97.4 Å². The van der Waals surface area contributed by atoms with Gasteiger partial charge in [0, 0.05) is 18.5 Å². The SMILES string of the molecule is Cc1c(C(=O)NC2CCCNCC2)sc2ncnc(Nc3ccc(F)cc3O[C@@H]3CCOC3)c12. The van der Waals surface area contributed by atoms with Crippen LogP contribution in [0, 0.1) is 12.7 Å². The largest absolute Gasteiger partial charge is 0.486 e. The van der Waals surface area contributed by atoms with E-state index in [1.807, 2.05) is 6.92 Å². The molecular weight excluding hydrogens is 457 g/mol. The van der Waals surface area contributed by atoms with Crippen LogP contribution >= 0.6 is 11.3 Å². The number of thiophene rings is 1. The van der Waals surface area contributed by atoms with Crippen LogP contribution < -0.4 is 20.7 Å². The number of carbonyl (C=O) groups excluding carboxylic acids is 1. The molecule has 0 bridgehead atoms. The van der Waals surface area contributed by atoms with Gasteiger partial charge in [0.15, 0.2) is 0 Å². The molecule has 3 N–H and O–H groups in total. The minimum absolute atomic E-state index is 0.0783. The molecule has 2 aliphatic rings. The van der Waals surface area contributed by atoms with Crippen molar-refractivity contribution in [2.24, 2.45) is 0 Å². The highest BCUT2D eigenvalue weighted by molar-refractivity contribution is 7.20. The lowest BCUT2D eigenvalue weighted by molar-refractivity contribution is 0.0937. The summed E-state index contributed by atoms with van der Waals surface area (Å²) in [5.74, 6) is 0.489. The van der Waals surface area contributed by atoms with Crippen molar-refractivity contribution in [2.75, 3.05) is 31.6 Å². The molecular formula is C24H28FN5O3S. The number of carbonyl (C=O) groups is 1. The molecule has 1 aromatic carbocycles. The molecule has 5 rings (SSSR count). The van der Waals surface area contributed by atoms with Crippen LogP contribution in [0.25, 0.3) is 10.2 Å². The number of aryl methyl sites for hydroxylation is 1. The van der Waals surface area contributed by atoms with Gasteiger partial charge in [0.25, 0.3) is 5.91 Å². The Morgan fingerprint density at radius 3 is 3.03 bits per heavy atom. The first kappa shape index (κ1) is 22.9. The number of nitrogens with zero attached hydrogens (tertiary/aromatic N) is 2. The average molecular weight is 486 g/mol. The number of halogens is 1.